The van der Waals surface area contributed by atoms with E-state index in [0.717, 1.165) is 26.9 Å². The smallest absolute Gasteiger partial charge is 0.268 e. The summed E-state index contributed by atoms with van der Waals surface area (Å²) in [5.74, 6) is 0.743. The van der Waals surface area contributed by atoms with Crippen LogP contribution < -0.4 is 19.7 Å². The Labute approximate surface area is 191 Å². The van der Waals surface area contributed by atoms with Crippen molar-refractivity contribution in [3.8, 4) is 22.8 Å². The van der Waals surface area contributed by atoms with Gasteiger partial charge in [-0.15, -0.1) is 11.3 Å². The second-order valence-corrected chi connectivity index (χ2v) is 8.92. The molecule has 1 aliphatic rings. The maximum atomic E-state index is 12.9. The number of carbonyl (C=O) groups excluding carboxylic acids is 2. The van der Waals surface area contributed by atoms with Gasteiger partial charge in [-0.1, -0.05) is 0 Å². The maximum Gasteiger partial charge on any atom is 0.268 e. The van der Waals surface area contributed by atoms with E-state index in [9.17, 15) is 9.59 Å². The molecular formula is C24H25N3O4S. The fraction of sp³-hybridized carbons (Fsp3) is 0.292. The standard InChI is InChI=1S/C24H25N3O4S/c1-5-30-19-9-7-18(8-10-19)26-22(28)13-27-20-12-17(23-15(3)32-16(4)25-23)6-11-21(20)31-14(2)24(27)29/h6-12,14H,5,13H2,1-4H3,(H,26,28). The van der Waals surface area contributed by atoms with E-state index in [1.54, 1.807) is 42.5 Å². The Bertz CT molecular complexity index is 1160. The van der Waals surface area contributed by atoms with Crippen molar-refractivity contribution >= 4 is 34.5 Å². The molecule has 3 aromatic rings. The highest BCUT2D eigenvalue weighted by Gasteiger charge is 2.33. The molecule has 0 bridgehead atoms. The van der Waals surface area contributed by atoms with Crippen LogP contribution in [0.3, 0.4) is 0 Å². The molecule has 1 atom stereocenters. The first-order valence-corrected chi connectivity index (χ1v) is 11.3. The number of anilines is 2. The molecule has 32 heavy (non-hydrogen) atoms. The van der Waals surface area contributed by atoms with Gasteiger partial charge in [-0.3, -0.25) is 14.5 Å². The number of fused-ring (bicyclic) bond motifs is 1. The van der Waals surface area contributed by atoms with Crippen LogP contribution in [0.4, 0.5) is 11.4 Å². The number of hydrogen-bond acceptors (Lipinski definition) is 6. The van der Waals surface area contributed by atoms with E-state index in [0.29, 0.717) is 23.7 Å². The van der Waals surface area contributed by atoms with Crippen molar-refractivity contribution in [3.05, 3.63) is 52.3 Å². The van der Waals surface area contributed by atoms with E-state index in [4.69, 9.17) is 9.47 Å². The fourth-order valence-corrected chi connectivity index (χ4v) is 4.50. The molecule has 2 amide bonds. The third kappa shape index (κ3) is 4.45. The zero-order valence-electron chi connectivity index (χ0n) is 18.5. The van der Waals surface area contributed by atoms with Gasteiger partial charge in [0.1, 0.15) is 18.0 Å². The van der Waals surface area contributed by atoms with Crippen molar-refractivity contribution in [1.82, 2.24) is 4.98 Å². The predicted octanol–water partition coefficient (Wildman–Crippen LogP) is 4.58. The number of aryl methyl sites for hydroxylation is 2. The molecule has 0 fully saturated rings. The number of nitrogens with one attached hydrogen (secondary N) is 1. The van der Waals surface area contributed by atoms with Gasteiger partial charge in [0.15, 0.2) is 6.10 Å². The number of carbonyl (C=O) groups is 2. The molecule has 166 valence electrons. The largest absolute Gasteiger partial charge is 0.494 e. The molecule has 1 unspecified atom stereocenters. The van der Waals surface area contributed by atoms with Gasteiger partial charge in [-0.2, -0.15) is 0 Å². The first-order valence-electron chi connectivity index (χ1n) is 10.4. The van der Waals surface area contributed by atoms with Crippen LogP contribution in [0.5, 0.6) is 11.5 Å². The average Bonchev–Trinajstić information content (AvgIpc) is 3.10. The Kier molecular flexibility index (Phi) is 6.14. The quantitative estimate of drug-likeness (QED) is 0.593. The van der Waals surface area contributed by atoms with Crippen molar-refractivity contribution in [2.24, 2.45) is 0 Å². The van der Waals surface area contributed by atoms with Gasteiger partial charge in [-0.05, 0) is 70.2 Å². The molecule has 0 saturated carbocycles. The lowest BCUT2D eigenvalue weighted by atomic mass is 10.1. The molecule has 1 aliphatic heterocycles. The molecule has 0 aliphatic carbocycles. The first kappa shape index (κ1) is 21.8. The van der Waals surface area contributed by atoms with Crippen LogP contribution in [0.25, 0.3) is 11.3 Å². The third-order valence-electron chi connectivity index (χ3n) is 5.10. The number of hydrogen-bond donors (Lipinski definition) is 1. The number of thiazole rings is 1. The average molecular weight is 452 g/mol. The summed E-state index contributed by atoms with van der Waals surface area (Å²) < 4.78 is 11.2. The van der Waals surface area contributed by atoms with Crippen LogP contribution in [0, 0.1) is 13.8 Å². The van der Waals surface area contributed by atoms with Crippen molar-refractivity contribution in [3.63, 3.8) is 0 Å². The van der Waals surface area contributed by atoms with Crippen LogP contribution in [-0.4, -0.2) is 36.1 Å². The highest BCUT2D eigenvalue weighted by molar-refractivity contribution is 7.11. The summed E-state index contributed by atoms with van der Waals surface area (Å²) in [6, 6.07) is 12.8. The Balaban J connectivity index is 1.58. The Hall–Kier alpha value is -3.39. The normalized spacial score (nSPS) is 15.2. The zero-order chi connectivity index (χ0) is 22.8. The summed E-state index contributed by atoms with van der Waals surface area (Å²) in [4.78, 5) is 32.9. The molecule has 0 spiro atoms. The summed E-state index contributed by atoms with van der Waals surface area (Å²) in [5.41, 5.74) is 2.96. The minimum absolute atomic E-state index is 0.120. The lowest BCUT2D eigenvalue weighted by molar-refractivity contribution is -0.127. The van der Waals surface area contributed by atoms with Crippen LogP contribution in [0.15, 0.2) is 42.5 Å². The first-order chi connectivity index (χ1) is 15.4. The van der Waals surface area contributed by atoms with E-state index in [-0.39, 0.29) is 18.4 Å². The molecule has 1 aromatic heterocycles. The second-order valence-electron chi connectivity index (χ2n) is 7.51. The van der Waals surface area contributed by atoms with E-state index in [1.165, 1.54) is 4.90 Å². The Morgan fingerprint density at radius 2 is 1.97 bits per heavy atom. The molecular weight excluding hydrogens is 426 g/mol. The molecule has 8 heteroatoms. The van der Waals surface area contributed by atoms with E-state index in [1.807, 2.05) is 39.0 Å². The van der Waals surface area contributed by atoms with Crippen LogP contribution in [0.2, 0.25) is 0 Å². The van der Waals surface area contributed by atoms with E-state index in [2.05, 4.69) is 10.3 Å². The van der Waals surface area contributed by atoms with Crippen molar-refractivity contribution in [2.45, 2.75) is 33.8 Å². The Morgan fingerprint density at radius 1 is 1.22 bits per heavy atom. The monoisotopic (exact) mass is 451 g/mol. The van der Waals surface area contributed by atoms with Gasteiger partial charge in [0.05, 0.1) is 23.0 Å². The fourth-order valence-electron chi connectivity index (χ4n) is 3.66. The van der Waals surface area contributed by atoms with Crippen molar-refractivity contribution in [2.75, 3.05) is 23.4 Å². The SMILES string of the molecule is CCOc1ccc(NC(=O)CN2C(=O)C(C)Oc3ccc(-c4nc(C)sc4C)cc32)cc1. The van der Waals surface area contributed by atoms with Crippen molar-refractivity contribution in [1.29, 1.82) is 0 Å². The van der Waals surface area contributed by atoms with Gasteiger partial charge < -0.3 is 14.8 Å². The van der Waals surface area contributed by atoms with Crippen LogP contribution >= 0.6 is 11.3 Å². The molecule has 4 rings (SSSR count). The van der Waals surface area contributed by atoms with E-state index < -0.39 is 6.10 Å². The highest BCUT2D eigenvalue weighted by Crippen LogP contribution is 2.38. The summed E-state index contributed by atoms with van der Waals surface area (Å²) >= 11 is 1.62. The van der Waals surface area contributed by atoms with Gasteiger partial charge in [-0.25, -0.2) is 4.98 Å². The number of nitrogens with zero attached hydrogens (tertiary/aromatic N) is 2. The summed E-state index contributed by atoms with van der Waals surface area (Å²) in [5, 5.41) is 3.82. The summed E-state index contributed by atoms with van der Waals surface area (Å²) in [7, 11) is 0. The number of amides is 2. The topological polar surface area (TPSA) is 80.8 Å². The minimum atomic E-state index is -0.671. The summed E-state index contributed by atoms with van der Waals surface area (Å²) in [6.07, 6.45) is -0.671. The van der Waals surface area contributed by atoms with Gasteiger partial charge in [0, 0.05) is 16.1 Å². The minimum Gasteiger partial charge on any atom is -0.494 e. The van der Waals surface area contributed by atoms with Gasteiger partial charge in [0.2, 0.25) is 5.91 Å². The van der Waals surface area contributed by atoms with Crippen LogP contribution in [-0.2, 0) is 9.59 Å². The lowest BCUT2D eigenvalue weighted by Crippen LogP contribution is -2.47. The molecule has 2 aromatic carbocycles. The van der Waals surface area contributed by atoms with Crippen molar-refractivity contribution < 1.29 is 19.1 Å². The highest BCUT2D eigenvalue weighted by atomic mass is 32.1. The van der Waals surface area contributed by atoms with E-state index >= 15 is 0 Å². The second kappa shape index (κ2) is 9.00. The number of benzene rings is 2. The third-order valence-corrected chi connectivity index (χ3v) is 5.98. The molecule has 0 saturated heterocycles. The van der Waals surface area contributed by atoms with Gasteiger partial charge >= 0.3 is 0 Å². The maximum absolute atomic E-state index is 12.9. The zero-order valence-corrected chi connectivity index (χ0v) is 19.3. The van der Waals surface area contributed by atoms with Gasteiger partial charge in [0.25, 0.3) is 5.91 Å². The van der Waals surface area contributed by atoms with Crippen LogP contribution in [0.1, 0.15) is 23.7 Å². The molecule has 0 radical (unpaired) electrons. The number of rotatable bonds is 6. The molecule has 7 nitrogen and oxygen atoms in total. The lowest BCUT2D eigenvalue weighted by Gasteiger charge is -2.33. The number of ether oxygens (including phenoxy) is 2. The molecule has 1 N–H and O–H groups in total. The summed E-state index contributed by atoms with van der Waals surface area (Å²) in [6.45, 7) is 8.03. The predicted molar refractivity (Wildman–Crippen MR) is 126 cm³/mol. The molecule has 2 heterocycles. The Morgan fingerprint density at radius 3 is 2.62 bits per heavy atom. The number of aromatic nitrogens is 1.